The smallest absolute Gasteiger partial charge is 0.0462 e. The van der Waals surface area contributed by atoms with Gasteiger partial charge in [-0.2, -0.15) is 0 Å². The normalized spacial score (nSPS) is 11.5. The first-order valence-corrected chi connectivity index (χ1v) is 8.65. The Morgan fingerprint density at radius 1 is 1.28 bits per heavy atom. The number of hydrogen-bond acceptors (Lipinski definition) is 1. The van der Waals surface area contributed by atoms with Gasteiger partial charge in [0.2, 0.25) is 0 Å². The van der Waals surface area contributed by atoms with Crippen molar-refractivity contribution >= 4 is 43.5 Å². The Morgan fingerprint density at radius 3 is 2.44 bits per heavy atom. The molecule has 1 aromatic carbocycles. The average Bonchev–Trinajstić information content (AvgIpc) is 2.34. The van der Waals surface area contributed by atoms with Gasteiger partial charge in [-0.25, -0.2) is 0 Å². The minimum absolute atomic E-state index is 0.627. The topological polar surface area (TPSA) is 3.24 Å². The molecule has 0 aliphatic rings. The zero-order chi connectivity index (χ0) is 13.5. The Kier molecular flexibility index (Phi) is 7.85. The highest BCUT2D eigenvalue weighted by atomic mass is 79.9. The van der Waals surface area contributed by atoms with Crippen LogP contribution in [0.15, 0.2) is 22.7 Å². The molecule has 0 radical (unpaired) electrons. The molecule has 0 spiro atoms. The molecule has 102 valence electrons. The summed E-state index contributed by atoms with van der Waals surface area (Å²) in [5.41, 5.74) is 1.20. The van der Waals surface area contributed by atoms with Crippen LogP contribution in [0.2, 0.25) is 5.02 Å². The highest BCUT2D eigenvalue weighted by molar-refractivity contribution is 9.10. The van der Waals surface area contributed by atoms with E-state index in [-0.39, 0.29) is 0 Å². The van der Waals surface area contributed by atoms with Crippen LogP contribution in [0.4, 0.5) is 0 Å². The summed E-state index contributed by atoms with van der Waals surface area (Å²) in [6.07, 6.45) is 2.36. The molecule has 0 saturated heterocycles. The minimum atomic E-state index is 0.627. The van der Waals surface area contributed by atoms with Gasteiger partial charge in [0.25, 0.3) is 0 Å². The average molecular weight is 398 g/mol. The predicted octanol–water partition coefficient (Wildman–Crippen LogP) is 5.49. The van der Waals surface area contributed by atoms with E-state index in [2.05, 4.69) is 62.7 Å². The summed E-state index contributed by atoms with van der Waals surface area (Å²) < 4.78 is 1.03. The lowest BCUT2D eigenvalue weighted by molar-refractivity contribution is 0.189. The van der Waals surface area contributed by atoms with E-state index in [1.807, 2.05) is 6.07 Å². The van der Waals surface area contributed by atoms with Crippen molar-refractivity contribution in [1.29, 1.82) is 0 Å². The van der Waals surface area contributed by atoms with Crippen molar-refractivity contribution in [2.45, 2.75) is 39.3 Å². The third-order valence-corrected chi connectivity index (χ3v) is 4.42. The standard InChI is InChI=1S/C14H20Br2ClN/c1-3-13(4-2)18(8-7-15)10-11-5-6-12(16)9-14(11)17/h5-6,9,13H,3-4,7-8,10H2,1-2H3. The van der Waals surface area contributed by atoms with Crippen molar-refractivity contribution in [2.24, 2.45) is 0 Å². The lowest BCUT2D eigenvalue weighted by Gasteiger charge is -2.30. The van der Waals surface area contributed by atoms with E-state index < -0.39 is 0 Å². The molecular weight excluding hydrogens is 377 g/mol. The van der Waals surface area contributed by atoms with Crippen LogP contribution in [0, 0.1) is 0 Å². The third-order valence-electron chi connectivity index (χ3n) is 3.22. The molecule has 0 aliphatic carbocycles. The molecular formula is C14H20Br2ClN. The second-order valence-corrected chi connectivity index (χ2v) is 6.48. The first-order chi connectivity index (χ1) is 8.62. The van der Waals surface area contributed by atoms with Crippen molar-refractivity contribution in [1.82, 2.24) is 4.90 Å². The molecule has 1 aromatic rings. The summed E-state index contributed by atoms with van der Waals surface area (Å²) in [7, 11) is 0. The van der Waals surface area contributed by atoms with Crippen LogP contribution in [-0.4, -0.2) is 22.8 Å². The van der Waals surface area contributed by atoms with Crippen LogP contribution in [0.3, 0.4) is 0 Å². The van der Waals surface area contributed by atoms with Gasteiger partial charge in [0, 0.05) is 34.0 Å². The molecule has 4 heteroatoms. The quantitative estimate of drug-likeness (QED) is 0.550. The molecule has 0 unspecified atom stereocenters. The Hall–Kier alpha value is 0.430. The van der Waals surface area contributed by atoms with Gasteiger partial charge < -0.3 is 0 Å². The molecule has 0 aromatic heterocycles. The molecule has 1 rings (SSSR count). The molecule has 0 amide bonds. The molecule has 0 fully saturated rings. The Bertz CT molecular complexity index is 367. The molecule has 0 atom stereocenters. The Balaban J connectivity index is 2.82. The zero-order valence-corrected chi connectivity index (χ0v) is 14.9. The minimum Gasteiger partial charge on any atom is -0.295 e. The van der Waals surface area contributed by atoms with Crippen LogP contribution in [-0.2, 0) is 6.54 Å². The van der Waals surface area contributed by atoms with Gasteiger partial charge in [0.1, 0.15) is 0 Å². The van der Waals surface area contributed by atoms with Crippen molar-refractivity contribution in [3.05, 3.63) is 33.3 Å². The van der Waals surface area contributed by atoms with Crippen molar-refractivity contribution in [3.63, 3.8) is 0 Å². The largest absolute Gasteiger partial charge is 0.295 e. The summed E-state index contributed by atoms with van der Waals surface area (Å²) in [6, 6.07) is 6.76. The SMILES string of the molecule is CCC(CC)N(CCBr)Cc1ccc(Br)cc1Cl. The number of benzene rings is 1. The fourth-order valence-electron chi connectivity index (χ4n) is 2.17. The van der Waals surface area contributed by atoms with Gasteiger partial charge in [-0.1, -0.05) is 63.4 Å². The van der Waals surface area contributed by atoms with Crippen molar-refractivity contribution in [2.75, 3.05) is 11.9 Å². The lowest BCUT2D eigenvalue weighted by Crippen LogP contribution is -2.35. The number of hydrogen-bond donors (Lipinski definition) is 0. The van der Waals surface area contributed by atoms with E-state index in [0.29, 0.717) is 6.04 Å². The molecule has 0 heterocycles. The first kappa shape index (κ1) is 16.5. The molecule has 0 N–H and O–H groups in total. The van der Waals surface area contributed by atoms with E-state index in [0.717, 1.165) is 27.9 Å². The number of rotatable bonds is 7. The number of alkyl halides is 1. The Labute approximate surface area is 132 Å². The zero-order valence-electron chi connectivity index (χ0n) is 10.9. The number of halogens is 3. The van der Waals surface area contributed by atoms with Crippen molar-refractivity contribution < 1.29 is 0 Å². The maximum Gasteiger partial charge on any atom is 0.0462 e. The van der Waals surface area contributed by atoms with Gasteiger partial charge in [-0.15, -0.1) is 0 Å². The molecule has 0 bridgehead atoms. The van der Waals surface area contributed by atoms with E-state index in [9.17, 15) is 0 Å². The van der Waals surface area contributed by atoms with E-state index in [1.165, 1.54) is 18.4 Å². The predicted molar refractivity (Wildman–Crippen MR) is 87.7 cm³/mol. The van der Waals surface area contributed by atoms with Crippen LogP contribution in [0.1, 0.15) is 32.3 Å². The first-order valence-electron chi connectivity index (χ1n) is 6.36. The van der Waals surface area contributed by atoms with Crippen LogP contribution >= 0.6 is 43.5 Å². The summed E-state index contributed by atoms with van der Waals surface area (Å²) in [6.45, 7) is 6.47. The monoisotopic (exact) mass is 395 g/mol. The fourth-order valence-corrected chi connectivity index (χ4v) is 3.36. The van der Waals surface area contributed by atoms with E-state index in [4.69, 9.17) is 11.6 Å². The maximum absolute atomic E-state index is 6.30. The highest BCUT2D eigenvalue weighted by Crippen LogP contribution is 2.24. The van der Waals surface area contributed by atoms with Gasteiger partial charge in [-0.3, -0.25) is 4.90 Å². The van der Waals surface area contributed by atoms with Crippen LogP contribution in [0.5, 0.6) is 0 Å². The summed E-state index contributed by atoms with van der Waals surface area (Å²) >= 11 is 13.3. The van der Waals surface area contributed by atoms with E-state index in [1.54, 1.807) is 0 Å². The second kappa shape index (κ2) is 8.57. The van der Waals surface area contributed by atoms with Gasteiger partial charge >= 0.3 is 0 Å². The Morgan fingerprint density at radius 2 is 1.94 bits per heavy atom. The van der Waals surface area contributed by atoms with E-state index >= 15 is 0 Å². The van der Waals surface area contributed by atoms with Crippen LogP contribution < -0.4 is 0 Å². The third kappa shape index (κ3) is 4.84. The maximum atomic E-state index is 6.30. The second-order valence-electron chi connectivity index (χ2n) is 4.37. The molecule has 0 aliphatic heterocycles. The lowest BCUT2D eigenvalue weighted by atomic mass is 10.1. The molecule has 18 heavy (non-hydrogen) atoms. The van der Waals surface area contributed by atoms with Crippen molar-refractivity contribution in [3.8, 4) is 0 Å². The van der Waals surface area contributed by atoms with Crippen LogP contribution in [0.25, 0.3) is 0 Å². The summed E-state index contributed by atoms with van der Waals surface area (Å²) in [5.74, 6) is 0. The van der Waals surface area contributed by atoms with Gasteiger partial charge in [0.05, 0.1) is 0 Å². The fraction of sp³-hybridized carbons (Fsp3) is 0.571. The number of nitrogens with zero attached hydrogens (tertiary/aromatic N) is 1. The molecule has 1 nitrogen and oxygen atoms in total. The highest BCUT2D eigenvalue weighted by Gasteiger charge is 2.16. The van der Waals surface area contributed by atoms with Gasteiger partial charge in [-0.05, 0) is 30.5 Å². The molecule has 0 saturated carbocycles. The summed E-state index contributed by atoms with van der Waals surface area (Å²) in [5, 5.41) is 1.84. The van der Waals surface area contributed by atoms with Gasteiger partial charge in [0.15, 0.2) is 0 Å². The summed E-state index contributed by atoms with van der Waals surface area (Å²) in [4.78, 5) is 2.50.